The third-order valence-corrected chi connectivity index (χ3v) is 0.506. The van der Waals surface area contributed by atoms with Crippen LogP contribution in [-0.2, 0) is 0 Å². The maximum absolute atomic E-state index is 8.31. The van der Waals surface area contributed by atoms with Crippen LogP contribution in [-0.4, -0.2) is 5.11 Å². The Morgan fingerprint density at radius 3 is 2.57 bits per heavy atom. The normalized spacial score (nSPS) is 7.43. The van der Waals surface area contributed by atoms with E-state index < -0.39 is 0 Å². The molecule has 2 nitrogen and oxygen atoms in total. The molecule has 0 aliphatic rings. The Bertz CT molecular complexity index is 118. The van der Waals surface area contributed by atoms with Gasteiger partial charge in [0.2, 0.25) is 0 Å². The molecule has 0 aliphatic carbocycles. The van der Waals surface area contributed by atoms with E-state index in [1.54, 1.807) is 6.07 Å². The van der Waals surface area contributed by atoms with Crippen LogP contribution in [0.1, 0.15) is 1.43 Å². The van der Waals surface area contributed by atoms with Crippen molar-refractivity contribution in [2.45, 2.75) is 0 Å². The Morgan fingerprint density at radius 1 is 1.71 bits per heavy atom. The van der Waals surface area contributed by atoms with Crippen LogP contribution < -0.4 is 18.9 Å². The number of rotatable bonds is 0. The molecule has 0 saturated heterocycles. The van der Waals surface area contributed by atoms with Gasteiger partial charge < -0.3 is 11.0 Å². The van der Waals surface area contributed by atoms with Crippen LogP contribution >= 0.6 is 0 Å². The summed E-state index contributed by atoms with van der Waals surface area (Å²) >= 11 is 0. The smallest absolute Gasteiger partial charge is 1.00 e. The molecule has 0 bridgehead atoms. The van der Waals surface area contributed by atoms with Gasteiger partial charge in [-0.05, 0) is 6.07 Å². The molecule has 1 aromatic rings. The molecule has 1 aromatic heterocycles. The second kappa shape index (κ2) is 2.79. The Kier molecular flexibility index (Phi) is 2.66. The molecule has 1 N–H and O–H groups in total. The van der Waals surface area contributed by atoms with E-state index in [0.29, 0.717) is 0 Å². The fourth-order valence-electron chi connectivity index (χ4n) is 0.270. The van der Waals surface area contributed by atoms with Crippen LogP contribution in [0.5, 0.6) is 5.95 Å². The molecule has 1 rings (SSSR count). The summed E-state index contributed by atoms with van der Waals surface area (Å²) in [7, 11) is 0. The van der Waals surface area contributed by atoms with Crippen molar-refractivity contribution in [2.75, 3.05) is 0 Å². The van der Waals surface area contributed by atoms with Gasteiger partial charge in [-0.25, -0.2) is 0 Å². The zero-order chi connectivity index (χ0) is 4.41. The van der Waals surface area contributed by atoms with Crippen molar-refractivity contribution in [3.63, 3.8) is 0 Å². The average Bonchev–Trinajstić information content (AvgIpc) is 1.86. The van der Waals surface area contributed by atoms with Crippen molar-refractivity contribution < 1.29 is 29.8 Å². The number of hydrogen-bond acceptors (Lipinski definition) is 2. The van der Waals surface area contributed by atoms with Gasteiger partial charge in [0.25, 0.3) is 5.95 Å². The summed E-state index contributed by atoms with van der Waals surface area (Å²) in [6.07, 6.45) is 1.41. The summed E-state index contributed by atoms with van der Waals surface area (Å²) in [5, 5.41) is 8.31. The molecule has 0 radical (unpaired) electrons. The molecule has 0 fully saturated rings. The average molecular weight is 92.0 g/mol. The monoisotopic (exact) mass is 92.0 g/mol. The van der Waals surface area contributed by atoms with Gasteiger partial charge in [0.1, 0.15) is 0 Å². The van der Waals surface area contributed by atoms with E-state index in [-0.39, 0.29) is 26.2 Å². The van der Waals surface area contributed by atoms with Crippen LogP contribution in [0, 0.1) is 0 Å². The maximum Gasteiger partial charge on any atom is 1.00 e. The van der Waals surface area contributed by atoms with Gasteiger partial charge >= 0.3 is 18.9 Å². The van der Waals surface area contributed by atoms with Gasteiger partial charge in [0.15, 0.2) is 0 Å². The summed E-state index contributed by atoms with van der Waals surface area (Å²) in [6.45, 7) is 0. The van der Waals surface area contributed by atoms with Crippen molar-refractivity contribution in [1.82, 2.24) is 0 Å². The fraction of sp³-hybridized carbons (Fsp3) is 0. The van der Waals surface area contributed by atoms with E-state index in [0.717, 1.165) is 0 Å². The van der Waals surface area contributed by atoms with Crippen LogP contribution in [0.2, 0.25) is 0 Å². The van der Waals surface area contributed by atoms with E-state index >= 15 is 0 Å². The Labute approximate surface area is 54.8 Å². The first-order valence-corrected chi connectivity index (χ1v) is 1.62. The van der Waals surface area contributed by atoms with Crippen molar-refractivity contribution >= 4 is 0 Å². The van der Waals surface area contributed by atoms with Crippen molar-refractivity contribution in [3.8, 4) is 5.95 Å². The molecule has 0 unspecified atom stereocenters. The quantitative estimate of drug-likeness (QED) is 0.379. The molecule has 1 heterocycles. The molecule has 7 heavy (non-hydrogen) atoms. The fourth-order valence-corrected chi connectivity index (χ4v) is 0.270. The summed E-state index contributed by atoms with van der Waals surface area (Å²) in [5.74, 6) is -0.0324. The van der Waals surface area contributed by atoms with Crippen LogP contribution in [0.15, 0.2) is 22.8 Å². The first kappa shape index (κ1) is 6.68. The standard InChI is InChI=1S/C4H4O2.Li.H/c5-4-2-1-3-6-4;;/h1-3,5H;;/q;+1;-1. The molecule has 0 amide bonds. The third kappa shape index (κ3) is 1.72. The zero-order valence-corrected chi connectivity index (χ0v) is 4.09. The summed E-state index contributed by atoms with van der Waals surface area (Å²) < 4.78 is 4.39. The van der Waals surface area contributed by atoms with Crippen molar-refractivity contribution in [1.29, 1.82) is 0 Å². The maximum atomic E-state index is 8.31. The zero-order valence-electron chi connectivity index (χ0n) is 5.09. The topological polar surface area (TPSA) is 33.4 Å². The Balaban J connectivity index is 0. The second-order valence-corrected chi connectivity index (χ2v) is 0.951. The van der Waals surface area contributed by atoms with Crippen LogP contribution in [0.3, 0.4) is 0 Å². The van der Waals surface area contributed by atoms with Gasteiger partial charge in [-0.1, -0.05) is 0 Å². The number of furan rings is 1. The predicted octanol–water partition coefficient (Wildman–Crippen LogP) is -1.90. The van der Waals surface area contributed by atoms with Crippen LogP contribution in [0.25, 0.3) is 0 Å². The van der Waals surface area contributed by atoms with Gasteiger partial charge in [0, 0.05) is 6.07 Å². The molecule has 34 valence electrons. The van der Waals surface area contributed by atoms with Gasteiger partial charge in [-0.2, -0.15) is 0 Å². The first-order valence-electron chi connectivity index (χ1n) is 1.62. The third-order valence-electron chi connectivity index (χ3n) is 0.506. The summed E-state index contributed by atoms with van der Waals surface area (Å²) in [5.41, 5.74) is 0. The summed E-state index contributed by atoms with van der Waals surface area (Å²) in [4.78, 5) is 0. The molecule has 0 spiro atoms. The molecule has 3 heteroatoms. The van der Waals surface area contributed by atoms with Gasteiger partial charge in [0.05, 0.1) is 6.26 Å². The Hall–Kier alpha value is -0.323. The molecule has 0 aliphatic heterocycles. The first-order chi connectivity index (χ1) is 2.89. The van der Waals surface area contributed by atoms with E-state index in [9.17, 15) is 0 Å². The van der Waals surface area contributed by atoms with E-state index in [1.807, 2.05) is 0 Å². The molecular weight excluding hydrogens is 87.0 g/mol. The van der Waals surface area contributed by atoms with Crippen molar-refractivity contribution in [2.24, 2.45) is 0 Å². The molecular formula is C4H5LiO2. The van der Waals surface area contributed by atoms with Crippen molar-refractivity contribution in [3.05, 3.63) is 18.4 Å². The Morgan fingerprint density at radius 2 is 2.43 bits per heavy atom. The SMILES string of the molecule is Oc1ccco1.[H-].[Li+]. The minimum atomic E-state index is -0.0324. The van der Waals surface area contributed by atoms with E-state index in [4.69, 9.17) is 5.11 Å². The number of aromatic hydroxyl groups is 1. The van der Waals surface area contributed by atoms with Crippen LogP contribution in [0.4, 0.5) is 0 Å². The largest absolute Gasteiger partial charge is 1.00 e. The summed E-state index contributed by atoms with van der Waals surface area (Å²) in [6, 6.07) is 3.09. The molecule has 0 atom stereocenters. The van der Waals surface area contributed by atoms with E-state index in [2.05, 4.69) is 4.42 Å². The molecule has 0 saturated carbocycles. The van der Waals surface area contributed by atoms with Gasteiger partial charge in [-0.15, -0.1) is 0 Å². The predicted molar refractivity (Wildman–Crippen MR) is 21.5 cm³/mol. The van der Waals surface area contributed by atoms with Gasteiger partial charge in [-0.3, -0.25) is 0 Å². The molecule has 0 aromatic carbocycles. The minimum Gasteiger partial charge on any atom is -1.00 e. The minimum absolute atomic E-state index is 0. The van der Waals surface area contributed by atoms with E-state index in [1.165, 1.54) is 12.3 Å². The number of hydrogen-bond donors (Lipinski definition) is 1. The second-order valence-electron chi connectivity index (χ2n) is 0.951.